The topological polar surface area (TPSA) is 61.3 Å². The van der Waals surface area contributed by atoms with E-state index < -0.39 is 0 Å². The third-order valence-electron chi connectivity index (χ3n) is 2.08. The first-order valence-corrected chi connectivity index (χ1v) is 5.27. The summed E-state index contributed by atoms with van der Waals surface area (Å²) in [5.41, 5.74) is 12.4. The smallest absolute Gasteiger partial charge is 0.133 e. The zero-order valence-corrected chi connectivity index (χ0v) is 9.75. The van der Waals surface area contributed by atoms with Crippen LogP contribution in [0, 0.1) is 0 Å². The van der Waals surface area contributed by atoms with Gasteiger partial charge in [-0.2, -0.15) is 0 Å². The maximum atomic E-state index is 5.92. The standard InChI is InChI=1S/C10H15BrN2O/c1-14-10-3-2-7(6-8(10)11)9(13)4-5-12/h2-3,6,9H,4-5,12-13H2,1H3/t9-/m0/s1. The van der Waals surface area contributed by atoms with Gasteiger partial charge in [0.2, 0.25) is 0 Å². The maximum Gasteiger partial charge on any atom is 0.133 e. The Labute approximate surface area is 92.6 Å². The normalized spacial score (nSPS) is 12.6. The molecule has 0 saturated heterocycles. The van der Waals surface area contributed by atoms with Gasteiger partial charge in [-0.3, -0.25) is 0 Å². The molecular weight excluding hydrogens is 244 g/mol. The molecule has 0 aliphatic carbocycles. The quantitative estimate of drug-likeness (QED) is 0.866. The van der Waals surface area contributed by atoms with Gasteiger partial charge in [0, 0.05) is 6.04 Å². The average molecular weight is 259 g/mol. The Kier molecular flexibility index (Phi) is 4.38. The zero-order chi connectivity index (χ0) is 10.6. The molecule has 0 radical (unpaired) electrons. The van der Waals surface area contributed by atoms with Gasteiger partial charge in [0.05, 0.1) is 11.6 Å². The van der Waals surface area contributed by atoms with Crippen LogP contribution in [0.1, 0.15) is 18.0 Å². The molecule has 0 unspecified atom stereocenters. The Hall–Kier alpha value is -0.580. The molecule has 4 N–H and O–H groups in total. The summed E-state index contributed by atoms with van der Waals surface area (Å²) in [6.07, 6.45) is 0.790. The number of nitrogens with two attached hydrogens (primary N) is 2. The van der Waals surface area contributed by atoms with Crippen molar-refractivity contribution in [1.29, 1.82) is 0 Å². The molecule has 0 saturated carbocycles. The molecular formula is C10H15BrN2O. The van der Waals surface area contributed by atoms with Crippen LogP contribution in [0.2, 0.25) is 0 Å². The summed E-state index contributed by atoms with van der Waals surface area (Å²) >= 11 is 3.41. The lowest BCUT2D eigenvalue weighted by Crippen LogP contribution is -2.15. The number of benzene rings is 1. The van der Waals surface area contributed by atoms with E-state index in [4.69, 9.17) is 16.2 Å². The Morgan fingerprint density at radius 3 is 2.71 bits per heavy atom. The van der Waals surface area contributed by atoms with Crippen LogP contribution in [-0.2, 0) is 0 Å². The number of ether oxygens (including phenoxy) is 1. The molecule has 0 heterocycles. The van der Waals surface area contributed by atoms with Gasteiger partial charge in [0.15, 0.2) is 0 Å². The van der Waals surface area contributed by atoms with Crippen molar-refractivity contribution in [3.63, 3.8) is 0 Å². The van der Waals surface area contributed by atoms with Crippen molar-refractivity contribution >= 4 is 15.9 Å². The van der Waals surface area contributed by atoms with Crippen molar-refractivity contribution in [2.75, 3.05) is 13.7 Å². The van der Waals surface area contributed by atoms with E-state index >= 15 is 0 Å². The van der Waals surface area contributed by atoms with Crippen molar-refractivity contribution in [3.8, 4) is 5.75 Å². The molecule has 3 nitrogen and oxygen atoms in total. The van der Waals surface area contributed by atoms with Gasteiger partial charge in [0.1, 0.15) is 5.75 Å². The lowest BCUT2D eigenvalue weighted by molar-refractivity contribution is 0.412. The second-order valence-electron chi connectivity index (χ2n) is 3.08. The van der Waals surface area contributed by atoms with Gasteiger partial charge in [0.25, 0.3) is 0 Å². The fourth-order valence-electron chi connectivity index (χ4n) is 1.26. The van der Waals surface area contributed by atoms with Gasteiger partial charge < -0.3 is 16.2 Å². The Balaban J connectivity index is 2.85. The SMILES string of the molecule is COc1ccc([C@@H](N)CCN)cc1Br. The highest BCUT2D eigenvalue weighted by Crippen LogP contribution is 2.27. The molecule has 1 aromatic carbocycles. The second-order valence-corrected chi connectivity index (χ2v) is 3.93. The van der Waals surface area contributed by atoms with Crippen LogP contribution in [-0.4, -0.2) is 13.7 Å². The predicted octanol–water partition coefficient (Wildman–Crippen LogP) is 1.81. The third kappa shape index (κ3) is 2.70. The summed E-state index contributed by atoms with van der Waals surface area (Å²) in [7, 11) is 1.64. The first-order chi connectivity index (χ1) is 6.69. The maximum absolute atomic E-state index is 5.92. The summed E-state index contributed by atoms with van der Waals surface area (Å²) in [4.78, 5) is 0. The van der Waals surface area contributed by atoms with Crippen LogP contribution >= 0.6 is 15.9 Å². The Morgan fingerprint density at radius 1 is 1.50 bits per heavy atom. The summed E-state index contributed by atoms with van der Waals surface area (Å²) in [5, 5.41) is 0. The highest BCUT2D eigenvalue weighted by molar-refractivity contribution is 9.10. The largest absolute Gasteiger partial charge is 0.496 e. The molecule has 4 heteroatoms. The Bertz CT molecular complexity index is 304. The van der Waals surface area contributed by atoms with Crippen molar-refractivity contribution in [2.24, 2.45) is 11.5 Å². The van der Waals surface area contributed by atoms with E-state index in [1.165, 1.54) is 0 Å². The van der Waals surface area contributed by atoms with E-state index in [1.807, 2.05) is 18.2 Å². The number of methoxy groups -OCH3 is 1. The van der Waals surface area contributed by atoms with E-state index in [2.05, 4.69) is 15.9 Å². The molecule has 0 fully saturated rings. The van der Waals surface area contributed by atoms with E-state index in [1.54, 1.807) is 7.11 Å². The summed E-state index contributed by atoms with van der Waals surface area (Å²) < 4.78 is 6.05. The highest BCUT2D eigenvalue weighted by atomic mass is 79.9. The third-order valence-corrected chi connectivity index (χ3v) is 2.70. The molecule has 1 rings (SSSR count). The molecule has 0 aliphatic heterocycles. The van der Waals surface area contributed by atoms with Crippen LogP contribution in [0.15, 0.2) is 22.7 Å². The van der Waals surface area contributed by atoms with Crippen LogP contribution in [0.3, 0.4) is 0 Å². The second kappa shape index (κ2) is 5.34. The van der Waals surface area contributed by atoms with Crippen molar-refractivity contribution in [2.45, 2.75) is 12.5 Å². The van der Waals surface area contributed by atoms with Gasteiger partial charge in [-0.15, -0.1) is 0 Å². The molecule has 1 atom stereocenters. The number of hydrogen-bond acceptors (Lipinski definition) is 3. The Morgan fingerprint density at radius 2 is 2.21 bits per heavy atom. The fourth-order valence-corrected chi connectivity index (χ4v) is 1.82. The molecule has 78 valence electrons. The van der Waals surface area contributed by atoms with Crippen LogP contribution < -0.4 is 16.2 Å². The van der Waals surface area contributed by atoms with Crippen molar-refractivity contribution < 1.29 is 4.74 Å². The summed E-state index contributed by atoms with van der Waals surface area (Å²) in [5.74, 6) is 0.814. The van der Waals surface area contributed by atoms with E-state index in [-0.39, 0.29) is 6.04 Å². The predicted molar refractivity (Wildman–Crippen MR) is 61.3 cm³/mol. The first-order valence-electron chi connectivity index (χ1n) is 4.48. The van der Waals surface area contributed by atoms with Crippen LogP contribution in [0.5, 0.6) is 5.75 Å². The van der Waals surface area contributed by atoms with Crippen molar-refractivity contribution in [1.82, 2.24) is 0 Å². The monoisotopic (exact) mass is 258 g/mol. The number of halogens is 1. The van der Waals surface area contributed by atoms with Gasteiger partial charge in [-0.1, -0.05) is 6.07 Å². The minimum Gasteiger partial charge on any atom is -0.496 e. The molecule has 0 bridgehead atoms. The summed E-state index contributed by atoms with van der Waals surface area (Å²) in [6, 6.07) is 5.83. The lowest BCUT2D eigenvalue weighted by Gasteiger charge is -2.12. The first kappa shape index (κ1) is 11.5. The van der Waals surface area contributed by atoms with Gasteiger partial charge >= 0.3 is 0 Å². The van der Waals surface area contributed by atoms with Gasteiger partial charge in [-0.05, 0) is 46.6 Å². The minimum absolute atomic E-state index is 0.00204. The molecule has 0 aromatic heterocycles. The molecule has 0 aliphatic rings. The highest BCUT2D eigenvalue weighted by Gasteiger charge is 2.07. The molecule has 0 amide bonds. The molecule has 0 spiro atoms. The van der Waals surface area contributed by atoms with E-state index in [9.17, 15) is 0 Å². The number of hydrogen-bond donors (Lipinski definition) is 2. The molecule has 14 heavy (non-hydrogen) atoms. The van der Waals surface area contributed by atoms with Crippen molar-refractivity contribution in [3.05, 3.63) is 28.2 Å². The summed E-state index contributed by atoms with van der Waals surface area (Å²) in [6.45, 7) is 0.602. The zero-order valence-electron chi connectivity index (χ0n) is 8.16. The molecule has 1 aromatic rings. The van der Waals surface area contributed by atoms with E-state index in [0.717, 1.165) is 22.2 Å². The number of rotatable bonds is 4. The van der Waals surface area contributed by atoms with E-state index in [0.29, 0.717) is 6.54 Å². The van der Waals surface area contributed by atoms with Gasteiger partial charge in [-0.25, -0.2) is 0 Å². The van der Waals surface area contributed by atoms with Crippen LogP contribution in [0.4, 0.5) is 0 Å². The lowest BCUT2D eigenvalue weighted by atomic mass is 10.0. The average Bonchev–Trinajstić information content (AvgIpc) is 2.18. The fraction of sp³-hybridized carbons (Fsp3) is 0.400. The van der Waals surface area contributed by atoms with Crippen LogP contribution in [0.25, 0.3) is 0 Å². The minimum atomic E-state index is 0.00204.